The molecule has 0 saturated carbocycles. The summed E-state index contributed by atoms with van der Waals surface area (Å²) >= 11 is 0. The van der Waals surface area contributed by atoms with Crippen LogP contribution in [0.25, 0.3) is 0 Å². The van der Waals surface area contributed by atoms with E-state index in [0.29, 0.717) is 12.8 Å². The van der Waals surface area contributed by atoms with Gasteiger partial charge < -0.3 is 9.84 Å². The third-order valence-corrected chi connectivity index (χ3v) is 4.23. The second kappa shape index (κ2) is 4.27. The first kappa shape index (κ1) is 11.5. The highest BCUT2D eigenvalue weighted by molar-refractivity contribution is 7.91. The largest absolute Gasteiger partial charge is 0.467 e. The fourth-order valence-corrected chi connectivity index (χ4v) is 3.39. The van der Waals surface area contributed by atoms with Crippen molar-refractivity contribution in [1.82, 2.24) is 0 Å². The van der Waals surface area contributed by atoms with Gasteiger partial charge in [0.2, 0.25) is 0 Å². The zero-order chi connectivity index (χ0) is 10.8. The molecule has 0 aromatic heterocycles. The summed E-state index contributed by atoms with van der Waals surface area (Å²) < 4.78 is 26.8. The smallest absolute Gasteiger partial charge is 0.335 e. The molecule has 0 aromatic carbocycles. The summed E-state index contributed by atoms with van der Waals surface area (Å²) in [6, 6.07) is 0. The summed E-state index contributed by atoms with van der Waals surface area (Å²) in [5, 5.41) is 9.44. The molecule has 5 nitrogen and oxygen atoms in total. The summed E-state index contributed by atoms with van der Waals surface area (Å²) in [6.07, 6.45) is -0.258. The molecule has 1 rings (SSSR count). The van der Waals surface area contributed by atoms with Gasteiger partial charge in [-0.2, -0.15) is 0 Å². The number of carbonyl (C=O) groups is 1. The molecule has 1 fully saturated rings. The molecular formula is C8H14O5S. The Labute approximate surface area is 83.0 Å². The van der Waals surface area contributed by atoms with Crippen molar-refractivity contribution in [2.75, 3.05) is 18.6 Å². The minimum absolute atomic E-state index is 0.122. The van der Waals surface area contributed by atoms with Gasteiger partial charge in [-0.1, -0.05) is 0 Å². The predicted octanol–water partition coefficient (Wildman–Crippen LogP) is -0.655. The number of carbonyl (C=O) groups excluding carboxylic acids is 1. The Hall–Kier alpha value is -0.620. The van der Waals surface area contributed by atoms with Gasteiger partial charge in [0.25, 0.3) is 0 Å². The quantitative estimate of drug-likeness (QED) is 0.628. The van der Waals surface area contributed by atoms with Crippen LogP contribution in [0, 0.1) is 5.92 Å². The maximum absolute atomic E-state index is 11.2. The van der Waals surface area contributed by atoms with E-state index in [4.69, 9.17) is 0 Å². The maximum Gasteiger partial charge on any atom is 0.335 e. The molecule has 1 saturated heterocycles. The van der Waals surface area contributed by atoms with E-state index in [0.717, 1.165) is 0 Å². The first-order chi connectivity index (χ1) is 6.46. The van der Waals surface area contributed by atoms with Crippen molar-refractivity contribution < 1.29 is 23.1 Å². The number of hydrogen-bond donors (Lipinski definition) is 1. The summed E-state index contributed by atoms with van der Waals surface area (Å²) in [5.74, 6) is -1.24. The van der Waals surface area contributed by atoms with Crippen LogP contribution in [0.3, 0.4) is 0 Å². The van der Waals surface area contributed by atoms with Crippen LogP contribution in [0.15, 0.2) is 0 Å². The lowest BCUT2D eigenvalue weighted by Gasteiger charge is -2.24. The highest BCUT2D eigenvalue weighted by Gasteiger charge is 2.33. The number of ether oxygens (including phenoxy) is 1. The average molecular weight is 222 g/mol. The van der Waals surface area contributed by atoms with Gasteiger partial charge in [-0.05, 0) is 12.8 Å². The van der Waals surface area contributed by atoms with Gasteiger partial charge >= 0.3 is 5.97 Å². The molecule has 1 aliphatic rings. The zero-order valence-electron chi connectivity index (χ0n) is 7.97. The van der Waals surface area contributed by atoms with Crippen molar-refractivity contribution in [2.45, 2.75) is 18.9 Å². The molecule has 6 heteroatoms. The highest BCUT2D eigenvalue weighted by atomic mass is 32.2. The molecule has 0 amide bonds. The molecule has 0 spiro atoms. The fourth-order valence-electron chi connectivity index (χ4n) is 1.62. The Kier molecular flexibility index (Phi) is 3.49. The summed E-state index contributed by atoms with van der Waals surface area (Å²) in [7, 11) is -1.92. The monoisotopic (exact) mass is 222 g/mol. The third kappa shape index (κ3) is 2.68. The van der Waals surface area contributed by atoms with Crippen LogP contribution in [0.1, 0.15) is 12.8 Å². The van der Waals surface area contributed by atoms with E-state index in [9.17, 15) is 18.3 Å². The van der Waals surface area contributed by atoms with Gasteiger partial charge in [-0.3, -0.25) is 0 Å². The van der Waals surface area contributed by atoms with Gasteiger partial charge in [0.1, 0.15) is 0 Å². The molecule has 14 heavy (non-hydrogen) atoms. The second-order valence-corrected chi connectivity index (χ2v) is 5.71. The minimum Gasteiger partial charge on any atom is -0.467 e. The van der Waals surface area contributed by atoms with E-state index in [1.165, 1.54) is 7.11 Å². The molecular weight excluding hydrogens is 208 g/mol. The van der Waals surface area contributed by atoms with E-state index in [1.807, 2.05) is 0 Å². The van der Waals surface area contributed by atoms with Crippen LogP contribution >= 0.6 is 0 Å². The SMILES string of the molecule is COC(=O)C(O)C1CCCS(=O)(=O)C1. The van der Waals surface area contributed by atoms with Gasteiger partial charge in [-0.15, -0.1) is 0 Å². The van der Waals surface area contributed by atoms with Crippen molar-refractivity contribution >= 4 is 15.8 Å². The van der Waals surface area contributed by atoms with Crippen LogP contribution in [0.2, 0.25) is 0 Å². The molecule has 0 aromatic rings. The number of rotatable bonds is 2. The molecule has 2 unspecified atom stereocenters. The van der Waals surface area contributed by atoms with Crippen LogP contribution < -0.4 is 0 Å². The summed E-state index contributed by atoms with van der Waals surface area (Å²) in [4.78, 5) is 11.0. The Morgan fingerprint density at radius 1 is 1.57 bits per heavy atom. The molecule has 0 aliphatic carbocycles. The second-order valence-electron chi connectivity index (χ2n) is 3.48. The van der Waals surface area contributed by atoms with E-state index in [-0.39, 0.29) is 11.5 Å². The van der Waals surface area contributed by atoms with Crippen molar-refractivity contribution in [1.29, 1.82) is 0 Å². The van der Waals surface area contributed by atoms with E-state index in [2.05, 4.69) is 4.74 Å². The standard InChI is InChI=1S/C8H14O5S/c1-13-8(10)7(9)6-3-2-4-14(11,12)5-6/h6-7,9H,2-5H2,1H3. The van der Waals surface area contributed by atoms with E-state index < -0.39 is 27.8 Å². The van der Waals surface area contributed by atoms with Gasteiger partial charge in [0.05, 0.1) is 18.6 Å². The normalized spacial score (nSPS) is 28.0. The van der Waals surface area contributed by atoms with Gasteiger partial charge in [0, 0.05) is 5.92 Å². The Balaban J connectivity index is 2.65. The lowest BCUT2D eigenvalue weighted by molar-refractivity contribution is -0.153. The number of hydrogen-bond acceptors (Lipinski definition) is 5. The van der Waals surface area contributed by atoms with E-state index in [1.54, 1.807) is 0 Å². The predicted molar refractivity (Wildman–Crippen MR) is 49.4 cm³/mol. The van der Waals surface area contributed by atoms with Gasteiger partial charge in [0.15, 0.2) is 15.9 Å². The lowest BCUT2D eigenvalue weighted by Crippen LogP contribution is -2.38. The molecule has 0 bridgehead atoms. The Bertz CT molecular complexity index is 308. The average Bonchev–Trinajstić information content (AvgIpc) is 2.14. The van der Waals surface area contributed by atoms with Crippen LogP contribution in [0.4, 0.5) is 0 Å². The van der Waals surface area contributed by atoms with E-state index >= 15 is 0 Å². The first-order valence-corrected chi connectivity index (χ1v) is 6.25. The Morgan fingerprint density at radius 2 is 2.21 bits per heavy atom. The van der Waals surface area contributed by atoms with Crippen molar-refractivity contribution in [3.63, 3.8) is 0 Å². The Morgan fingerprint density at radius 3 is 2.71 bits per heavy atom. The fraction of sp³-hybridized carbons (Fsp3) is 0.875. The molecule has 0 radical (unpaired) electrons. The summed E-state index contributed by atoms with van der Waals surface area (Å²) in [5.41, 5.74) is 0. The third-order valence-electron chi connectivity index (χ3n) is 2.39. The van der Waals surface area contributed by atoms with Crippen molar-refractivity contribution in [3.8, 4) is 0 Å². The molecule has 1 aliphatic heterocycles. The minimum atomic E-state index is -3.09. The van der Waals surface area contributed by atoms with Crippen molar-refractivity contribution in [3.05, 3.63) is 0 Å². The maximum atomic E-state index is 11.2. The number of aliphatic hydroxyl groups excluding tert-OH is 1. The number of sulfone groups is 1. The molecule has 1 heterocycles. The number of aliphatic hydroxyl groups is 1. The highest BCUT2D eigenvalue weighted by Crippen LogP contribution is 2.21. The molecule has 2 atom stereocenters. The molecule has 82 valence electrons. The van der Waals surface area contributed by atoms with Crippen LogP contribution in [-0.4, -0.2) is 44.2 Å². The zero-order valence-corrected chi connectivity index (χ0v) is 8.79. The number of methoxy groups -OCH3 is 1. The topological polar surface area (TPSA) is 80.7 Å². The molecule has 1 N–H and O–H groups in total. The summed E-state index contributed by atoms with van der Waals surface area (Å²) in [6.45, 7) is 0. The van der Waals surface area contributed by atoms with Crippen molar-refractivity contribution in [2.24, 2.45) is 5.92 Å². The van der Waals surface area contributed by atoms with Gasteiger partial charge in [-0.25, -0.2) is 13.2 Å². The van der Waals surface area contributed by atoms with Crippen LogP contribution in [0.5, 0.6) is 0 Å². The first-order valence-electron chi connectivity index (χ1n) is 4.42. The lowest BCUT2D eigenvalue weighted by atomic mass is 9.99. The van der Waals surface area contributed by atoms with Crippen LogP contribution in [-0.2, 0) is 19.4 Å². The number of esters is 1.